The molecular weight excluding hydrogens is 204 g/mol. The Bertz CT molecular complexity index is 353. The largest absolute Gasteiger partial charge is 0.394 e. The number of nitrogens with two attached hydrogens (primary N) is 1. The first-order valence-electron chi connectivity index (χ1n) is 4.32. The van der Waals surface area contributed by atoms with Crippen molar-refractivity contribution < 1.29 is 5.11 Å². The third-order valence-corrected chi connectivity index (χ3v) is 2.73. The molecule has 4 N–H and O–H groups in total. The molecule has 0 aromatic carbocycles. The van der Waals surface area contributed by atoms with Crippen LogP contribution < -0.4 is 11.1 Å². The minimum absolute atomic E-state index is 0.0766. The Labute approximate surface area is 86.3 Å². The molecule has 0 spiro atoms. The van der Waals surface area contributed by atoms with Gasteiger partial charge in [-0.15, -0.1) is 0 Å². The average Bonchev–Trinajstić information content (AvgIpc) is 2.94. The van der Waals surface area contributed by atoms with Gasteiger partial charge in [0.25, 0.3) is 0 Å². The Morgan fingerprint density at radius 1 is 1.57 bits per heavy atom. The van der Waals surface area contributed by atoms with Crippen LogP contribution in [0.4, 0.5) is 11.6 Å². The maximum absolute atomic E-state index is 9.10. The number of hydrogen-bond donors (Lipinski definition) is 3. The fourth-order valence-electron chi connectivity index (χ4n) is 1.20. The van der Waals surface area contributed by atoms with Crippen LogP contribution in [0.25, 0.3) is 0 Å². The predicted octanol–water partition coefficient (Wildman–Crippen LogP) is 0.649. The lowest BCUT2D eigenvalue weighted by molar-refractivity contribution is 0.266. The molecule has 2 rings (SSSR count). The van der Waals surface area contributed by atoms with Crippen LogP contribution in [0.5, 0.6) is 0 Å². The third-order valence-electron chi connectivity index (χ3n) is 2.36. The average molecular weight is 215 g/mol. The number of hydrogen-bond acceptors (Lipinski definition) is 5. The molecule has 76 valence electrons. The topological polar surface area (TPSA) is 84.1 Å². The molecule has 1 aromatic rings. The van der Waals surface area contributed by atoms with E-state index in [0.717, 1.165) is 12.8 Å². The van der Waals surface area contributed by atoms with Crippen LogP contribution in [-0.4, -0.2) is 27.2 Å². The number of aromatic nitrogens is 2. The summed E-state index contributed by atoms with van der Waals surface area (Å²) in [7, 11) is 0. The molecular formula is C8H11ClN4O. The molecule has 0 aliphatic heterocycles. The lowest BCUT2D eigenvalue weighted by Crippen LogP contribution is -2.26. The second kappa shape index (κ2) is 3.25. The summed E-state index contributed by atoms with van der Waals surface area (Å²) in [6.07, 6.45) is 3.18. The Morgan fingerprint density at radius 3 is 2.86 bits per heavy atom. The van der Waals surface area contributed by atoms with Crippen LogP contribution in [0, 0.1) is 0 Å². The van der Waals surface area contributed by atoms with E-state index in [0.29, 0.717) is 10.8 Å². The van der Waals surface area contributed by atoms with Crippen molar-refractivity contribution in [1.29, 1.82) is 0 Å². The summed E-state index contributed by atoms with van der Waals surface area (Å²) in [4.78, 5) is 7.71. The number of halogens is 1. The van der Waals surface area contributed by atoms with E-state index in [1.807, 2.05) is 0 Å². The molecule has 1 heterocycles. The molecule has 14 heavy (non-hydrogen) atoms. The minimum atomic E-state index is -0.246. The van der Waals surface area contributed by atoms with Gasteiger partial charge in [-0.25, -0.2) is 9.97 Å². The molecule has 0 atom stereocenters. The number of anilines is 2. The first-order chi connectivity index (χ1) is 6.67. The van der Waals surface area contributed by atoms with Crippen molar-refractivity contribution in [2.45, 2.75) is 18.4 Å². The number of rotatable bonds is 3. The Morgan fingerprint density at radius 2 is 2.29 bits per heavy atom. The minimum Gasteiger partial charge on any atom is -0.394 e. The number of nitrogen functional groups attached to an aromatic ring is 1. The van der Waals surface area contributed by atoms with Gasteiger partial charge in [0.2, 0.25) is 0 Å². The van der Waals surface area contributed by atoms with Crippen molar-refractivity contribution in [1.82, 2.24) is 9.97 Å². The Balaban J connectivity index is 2.21. The standard InChI is InChI=1S/C8H11ClN4O/c9-5-6(10)11-4-12-7(5)13-8(3-14)1-2-8/h4,14H,1-3H2,(H3,10,11,12,13). The van der Waals surface area contributed by atoms with Crippen molar-refractivity contribution in [2.24, 2.45) is 0 Å². The second-order valence-corrected chi connectivity index (χ2v) is 3.86. The summed E-state index contributed by atoms with van der Waals surface area (Å²) in [5.74, 6) is 0.739. The highest BCUT2D eigenvalue weighted by molar-refractivity contribution is 6.35. The van der Waals surface area contributed by atoms with Gasteiger partial charge in [-0.2, -0.15) is 0 Å². The van der Waals surface area contributed by atoms with Gasteiger partial charge in [0, 0.05) is 0 Å². The van der Waals surface area contributed by atoms with Gasteiger partial charge in [0.05, 0.1) is 12.1 Å². The second-order valence-electron chi connectivity index (χ2n) is 3.48. The summed E-state index contributed by atoms with van der Waals surface area (Å²) >= 11 is 5.89. The van der Waals surface area contributed by atoms with Crippen molar-refractivity contribution >= 4 is 23.2 Å². The maximum atomic E-state index is 9.10. The summed E-state index contributed by atoms with van der Waals surface area (Å²) in [5.41, 5.74) is 5.27. The van der Waals surface area contributed by atoms with Crippen LogP contribution >= 0.6 is 11.6 Å². The smallest absolute Gasteiger partial charge is 0.150 e. The van der Waals surface area contributed by atoms with Crippen molar-refractivity contribution in [3.63, 3.8) is 0 Å². The maximum Gasteiger partial charge on any atom is 0.150 e. The van der Waals surface area contributed by atoms with E-state index in [9.17, 15) is 0 Å². The zero-order valence-corrected chi connectivity index (χ0v) is 8.25. The van der Waals surface area contributed by atoms with Gasteiger partial charge in [-0.1, -0.05) is 11.6 Å². The molecule has 5 nitrogen and oxygen atoms in total. The molecule has 1 aromatic heterocycles. The first kappa shape index (κ1) is 9.48. The number of nitrogens with zero attached hydrogens (tertiary/aromatic N) is 2. The molecule has 1 aliphatic rings. The highest BCUT2D eigenvalue weighted by atomic mass is 35.5. The number of aliphatic hydroxyl groups excluding tert-OH is 1. The molecule has 0 saturated heterocycles. The van der Waals surface area contributed by atoms with E-state index >= 15 is 0 Å². The molecule has 1 fully saturated rings. The summed E-state index contributed by atoms with van der Waals surface area (Å²) < 4.78 is 0. The Hall–Kier alpha value is -1.07. The van der Waals surface area contributed by atoms with Gasteiger partial charge in [-0.3, -0.25) is 0 Å². The molecule has 1 saturated carbocycles. The van der Waals surface area contributed by atoms with Crippen molar-refractivity contribution in [2.75, 3.05) is 17.7 Å². The molecule has 0 bridgehead atoms. The van der Waals surface area contributed by atoms with Crippen molar-refractivity contribution in [3.8, 4) is 0 Å². The fourth-order valence-corrected chi connectivity index (χ4v) is 1.34. The van der Waals surface area contributed by atoms with E-state index in [4.69, 9.17) is 22.4 Å². The highest BCUT2D eigenvalue weighted by Crippen LogP contribution is 2.39. The molecule has 0 unspecified atom stereocenters. The lowest BCUT2D eigenvalue weighted by Gasteiger charge is -2.15. The van der Waals surface area contributed by atoms with E-state index in [2.05, 4.69) is 15.3 Å². The van der Waals surface area contributed by atoms with E-state index < -0.39 is 0 Å². The van der Waals surface area contributed by atoms with E-state index in [-0.39, 0.29) is 18.0 Å². The highest BCUT2D eigenvalue weighted by Gasteiger charge is 2.42. The monoisotopic (exact) mass is 214 g/mol. The fraction of sp³-hybridized carbons (Fsp3) is 0.500. The molecule has 0 radical (unpaired) electrons. The van der Waals surface area contributed by atoms with Crippen LogP contribution in [0.3, 0.4) is 0 Å². The number of aliphatic hydroxyl groups is 1. The van der Waals surface area contributed by atoms with Crippen LogP contribution in [0.1, 0.15) is 12.8 Å². The molecule has 1 aliphatic carbocycles. The molecule has 0 amide bonds. The van der Waals surface area contributed by atoms with Gasteiger partial charge >= 0.3 is 0 Å². The van der Waals surface area contributed by atoms with E-state index in [1.54, 1.807) is 0 Å². The zero-order valence-electron chi connectivity index (χ0n) is 7.50. The van der Waals surface area contributed by atoms with Gasteiger partial charge in [0.1, 0.15) is 17.2 Å². The Kier molecular flexibility index (Phi) is 2.20. The van der Waals surface area contributed by atoms with Gasteiger partial charge in [-0.05, 0) is 12.8 Å². The van der Waals surface area contributed by atoms with E-state index in [1.165, 1.54) is 6.33 Å². The SMILES string of the molecule is Nc1ncnc(NC2(CO)CC2)c1Cl. The summed E-state index contributed by atoms with van der Waals surface area (Å²) in [6.45, 7) is 0.0766. The first-order valence-corrected chi connectivity index (χ1v) is 4.70. The molecule has 6 heteroatoms. The van der Waals surface area contributed by atoms with Gasteiger partial charge in [0.15, 0.2) is 5.82 Å². The van der Waals surface area contributed by atoms with Gasteiger partial charge < -0.3 is 16.2 Å². The van der Waals surface area contributed by atoms with Crippen LogP contribution in [0.2, 0.25) is 5.02 Å². The van der Waals surface area contributed by atoms with Crippen molar-refractivity contribution in [3.05, 3.63) is 11.3 Å². The third kappa shape index (κ3) is 1.60. The van der Waals surface area contributed by atoms with Crippen LogP contribution in [0.15, 0.2) is 6.33 Å². The quantitative estimate of drug-likeness (QED) is 0.688. The number of nitrogens with one attached hydrogen (secondary N) is 1. The zero-order chi connectivity index (χ0) is 10.2. The lowest BCUT2D eigenvalue weighted by atomic mass is 10.3. The summed E-state index contributed by atoms with van der Waals surface area (Å²) in [5, 5.41) is 12.5. The van der Waals surface area contributed by atoms with Crippen LogP contribution in [-0.2, 0) is 0 Å². The predicted molar refractivity (Wildman–Crippen MR) is 54.1 cm³/mol. The normalized spacial score (nSPS) is 17.9. The summed E-state index contributed by atoms with van der Waals surface area (Å²) in [6, 6.07) is 0.